The molecule has 1 aliphatic rings. The molecule has 0 atom stereocenters. The normalized spacial score (nSPS) is 14.6. The smallest absolute Gasteiger partial charge is 0.299 e. The monoisotopic (exact) mass is 246 g/mol. The summed E-state index contributed by atoms with van der Waals surface area (Å²) in [6, 6.07) is 5.68. The molecule has 0 saturated heterocycles. The summed E-state index contributed by atoms with van der Waals surface area (Å²) >= 11 is 0. The lowest BCUT2D eigenvalue weighted by atomic mass is 9.99. The van der Waals surface area contributed by atoms with Gasteiger partial charge < -0.3 is 10.6 Å². The van der Waals surface area contributed by atoms with E-state index in [0.717, 1.165) is 11.3 Å². The maximum absolute atomic E-state index is 11.9. The molecule has 0 saturated carbocycles. The first-order valence-electron chi connectivity index (χ1n) is 6.26. The van der Waals surface area contributed by atoms with Crippen LogP contribution in [0.2, 0.25) is 0 Å². The van der Waals surface area contributed by atoms with Crippen molar-refractivity contribution >= 4 is 17.4 Å². The Labute approximate surface area is 107 Å². The molecular formula is C14H18N2O2. The van der Waals surface area contributed by atoms with Gasteiger partial charge in [-0.1, -0.05) is 19.9 Å². The molecule has 0 fully saturated rings. The number of nitrogens with zero attached hydrogens (tertiary/aromatic N) is 1. The van der Waals surface area contributed by atoms with Crippen LogP contribution in [0.15, 0.2) is 18.2 Å². The van der Waals surface area contributed by atoms with Crippen molar-refractivity contribution in [1.29, 1.82) is 0 Å². The highest BCUT2D eigenvalue weighted by Crippen LogP contribution is 2.31. The van der Waals surface area contributed by atoms with E-state index in [9.17, 15) is 9.59 Å². The summed E-state index contributed by atoms with van der Waals surface area (Å²) in [7, 11) is 0. The van der Waals surface area contributed by atoms with Gasteiger partial charge in [-0.3, -0.25) is 9.59 Å². The van der Waals surface area contributed by atoms with E-state index in [0.29, 0.717) is 31.0 Å². The predicted octanol–water partition coefficient (Wildman–Crippen LogP) is 1.69. The zero-order chi connectivity index (χ0) is 13.3. The summed E-state index contributed by atoms with van der Waals surface area (Å²) < 4.78 is 0. The van der Waals surface area contributed by atoms with Gasteiger partial charge in [0.2, 0.25) is 0 Å². The van der Waals surface area contributed by atoms with Gasteiger partial charge in [0.15, 0.2) is 0 Å². The molecule has 2 N–H and O–H groups in total. The van der Waals surface area contributed by atoms with Crippen molar-refractivity contribution in [2.75, 3.05) is 18.0 Å². The number of anilines is 1. The molecule has 0 unspecified atom stereocenters. The quantitative estimate of drug-likeness (QED) is 0.822. The van der Waals surface area contributed by atoms with Gasteiger partial charge in [-0.15, -0.1) is 0 Å². The van der Waals surface area contributed by atoms with E-state index in [2.05, 4.69) is 13.8 Å². The van der Waals surface area contributed by atoms with Crippen molar-refractivity contribution < 1.29 is 9.59 Å². The van der Waals surface area contributed by atoms with Crippen molar-refractivity contribution in [2.45, 2.75) is 26.2 Å². The largest absolute Gasteiger partial charge is 0.330 e. The number of rotatable bonds is 4. The fraction of sp³-hybridized carbons (Fsp3) is 0.429. The summed E-state index contributed by atoms with van der Waals surface area (Å²) in [6.45, 7) is 5.15. The van der Waals surface area contributed by atoms with E-state index in [1.165, 1.54) is 4.90 Å². The molecule has 1 aliphatic heterocycles. The summed E-state index contributed by atoms with van der Waals surface area (Å²) in [4.78, 5) is 25.3. The third-order valence-electron chi connectivity index (χ3n) is 3.25. The minimum Gasteiger partial charge on any atom is -0.330 e. The number of benzene rings is 1. The SMILES string of the molecule is CC(C)c1ccc2c(c1)C(=O)C(=O)N2CCCN. The molecule has 18 heavy (non-hydrogen) atoms. The van der Waals surface area contributed by atoms with Crippen molar-refractivity contribution in [3.8, 4) is 0 Å². The lowest BCUT2D eigenvalue weighted by molar-refractivity contribution is -0.114. The highest BCUT2D eigenvalue weighted by Gasteiger charge is 2.35. The third-order valence-corrected chi connectivity index (χ3v) is 3.25. The lowest BCUT2D eigenvalue weighted by Crippen LogP contribution is -2.31. The molecule has 4 heteroatoms. The molecule has 0 aromatic heterocycles. The molecule has 0 radical (unpaired) electrons. The van der Waals surface area contributed by atoms with Gasteiger partial charge in [-0.05, 0) is 36.6 Å². The van der Waals surface area contributed by atoms with Gasteiger partial charge in [-0.25, -0.2) is 0 Å². The summed E-state index contributed by atoms with van der Waals surface area (Å²) in [5.74, 6) is -0.486. The van der Waals surface area contributed by atoms with Crippen LogP contribution >= 0.6 is 0 Å². The van der Waals surface area contributed by atoms with Crippen molar-refractivity contribution in [3.63, 3.8) is 0 Å². The Morgan fingerprint density at radius 2 is 2.00 bits per heavy atom. The maximum Gasteiger partial charge on any atom is 0.299 e. The second-order valence-corrected chi connectivity index (χ2v) is 4.86. The van der Waals surface area contributed by atoms with Crippen LogP contribution in [-0.2, 0) is 4.79 Å². The van der Waals surface area contributed by atoms with Crippen molar-refractivity contribution in [1.82, 2.24) is 0 Å². The molecule has 1 aromatic rings. The third kappa shape index (κ3) is 2.04. The highest BCUT2D eigenvalue weighted by molar-refractivity contribution is 6.52. The summed E-state index contributed by atoms with van der Waals surface area (Å²) in [5.41, 5.74) is 7.78. The molecule has 1 heterocycles. The molecule has 1 aromatic carbocycles. The number of ketones is 1. The number of carbonyl (C=O) groups excluding carboxylic acids is 2. The molecular weight excluding hydrogens is 228 g/mol. The molecule has 0 aliphatic carbocycles. The Hall–Kier alpha value is -1.68. The fourth-order valence-electron chi connectivity index (χ4n) is 2.15. The van der Waals surface area contributed by atoms with Crippen LogP contribution in [-0.4, -0.2) is 24.8 Å². The van der Waals surface area contributed by atoms with E-state index in [4.69, 9.17) is 5.73 Å². The number of Topliss-reactive ketones (excluding diaryl/α,β-unsaturated/α-hetero) is 1. The molecule has 0 bridgehead atoms. The maximum atomic E-state index is 11.9. The Balaban J connectivity index is 2.38. The molecule has 2 rings (SSSR count). The average molecular weight is 246 g/mol. The number of amides is 1. The molecule has 4 nitrogen and oxygen atoms in total. The van der Waals surface area contributed by atoms with Crippen LogP contribution in [0.4, 0.5) is 5.69 Å². The minimum atomic E-state index is -0.431. The van der Waals surface area contributed by atoms with Gasteiger partial charge in [0, 0.05) is 6.54 Å². The van der Waals surface area contributed by atoms with E-state index in [1.807, 2.05) is 18.2 Å². The molecule has 96 valence electrons. The Bertz CT molecular complexity index is 495. The topological polar surface area (TPSA) is 63.4 Å². The first-order valence-corrected chi connectivity index (χ1v) is 6.26. The highest BCUT2D eigenvalue weighted by atomic mass is 16.2. The summed E-state index contributed by atoms with van der Waals surface area (Å²) in [5, 5.41) is 0. The number of nitrogens with two attached hydrogens (primary N) is 1. The van der Waals surface area contributed by atoms with Crippen LogP contribution in [0.25, 0.3) is 0 Å². The number of carbonyl (C=O) groups is 2. The number of hydrogen-bond donors (Lipinski definition) is 1. The zero-order valence-electron chi connectivity index (χ0n) is 10.8. The van der Waals surface area contributed by atoms with Gasteiger partial charge in [0.25, 0.3) is 11.7 Å². The average Bonchev–Trinajstić information content (AvgIpc) is 2.60. The van der Waals surface area contributed by atoms with Crippen molar-refractivity contribution in [2.24, 2.45) is 5.73 Å². The Morgan fingerprint density at radius 3 is 2.61 bits per heavy atom. The van der Waals surface area contributed by atoms with Gasteiger partial charge in [0.05, 0.1) is 11.3 Å². The van der Waals surface area contributed by atoms with Crippen molar-refractivity contribution in [3.05, 3.63) is 29.3 Å². The first-order chi connectivity index (χ1) is 8.56. The van der Waals surface area contributed by atoms with E-state index in [-0.39, 0.29) is 0 Å². The van der Waals surface area contributed by atoms with E-state index in [1.54, 1.807) is 0 Å². The second-order valence-electron chi connectivity index (χ2n) is 4.86. The second kappa shape index (κ2) is 4.90. The number of fused-ring (bicyclic) bond motifs is 1. The minimum absolute atomic E-state index is 0.344. The van der Waals surface area contributed by atoms with E-state index >= 15 is 0 Å². The van der Waals surface area contributed by atoms with Crippen LogP contribution in [0.3, 0.4) is 0 Å². The number of hydrogen-bond acceptors (Lipinski definition) is 3. The van der Waals surface area contributed by atoms with Crippen LogP contribution < -0.4 is 10.6 Å². The van der Waals surface area contributed by atoms with Crippen LogP contribution in [0.1, 0.15) is 42.1 Å². The zero-order valence-corrected chi connectivity index (χ0v) is 10.8. The molecule has 1 amide bonds. The standard InChI is InChI=1S/C14H18N2O2/c1-9(2)10-4-5-12-11(8-10)13(17)14(18)16(12)7-3-6-15/h4-5,8-9H,3,6-7,15H2,1-2H3. The van der Waals surface area contributed by atoms with Gasteiger partial charge in [0.1, 0.15) is 0 Å². The van der Waals surface area contributed by atoms with Gasteiger partial charge in [-0.2, -0.15) is 0 Å². The van der Waals surface area contributed by atoms with Crippen LogP contribution in [0.5, 0.6) is 0 Å². The molecule has 0 spiro atoms. The summed E-state index contributed by atoms with van der Waals surface area (Å²) in [6.07, 6.45) is 0.699. The first kappa shape index (κ1) is 12.8. The van der Waals surface area contributed by atoms with E-state index < -0.39 is 11.7 Å². The van der Waals surface area contributed by atoms with Gasteiger partial charge >= 0.3 is 0 Å². The van der Waals surface area contributed by atoms with Crippen LogP contribution in [0, 0.1) is 0 Å². The Kier molecular flexibility index (Phi) is 3.48. The predicted molar refractivity (Wildman–Crippen MR) is 70.9 cm³/mol. The Morgan fingerprint density at radius 1 is 1.28 bits per heavy atom. The fourth-order valence-corrected chi connectivity index (χ4v) is 2.15. The lowest BCUT2D eigenvalue weighted by Gasteiger charge is -2.16.